The highest BCUT2D eigenvalue weighted by Crippen LogP contribution is 2.36. The minimum atomic E-state index is 0.0182. The molecule has 7 heteroatoms. The zero-order valence-corrected chi connectivity index (χ0v) is 15.7. The first-order valence-corrected chi connectivity index (χ1v) is 9.58. The smallest absolute Gasteiger partial charge is 0.257 e. The minimum absolute atomic E-state index is 0.0182. The number of carbonyl (C=O) groups excluding carboxylic acids is 1. The van der Waals surface area contributed by atoms with Crippen LogP contribution >= 0.6 is 11.6 Å². The van der Waals surface area contributed by atoms with E-state index in [1.54, 1.807) is 25.3 Å². The van der Waals surface area contributed by atoms with E-state index in [1.165, 1.54) is 12.8 Å². The number of benzene rings is 1. The molecule has 1 aliphatic heterocycles. The van der Waals surface area contributed by atoms with Gasteiger partial charge in [-0.05, 0) is 50.3 Å². The zero-order chi connectivity index (χ0) is 18.1. The number of aryl methyl sites for hydroxylation is 1. The van der Waals surface area contributed by atoms with E-state index in [-0.39, 0.29) is 11.9 Å². The highest BCUT2D eigenvalue weighted by Gasteiger charge is 2.32. The van der Waals surface area contributed by atoms with E-state index in [0.29, 0.717) is 22.4 Å². The average Bonchev–Trinajstić information content (AvgIpc) is 3.19. The van der Waals surface area contributed by atoms with Crippen molar-refractivity contribution in [3.63, 3.8) is 0 Å². The molecule has 1 saturated heterocycles. The lowest BCUT2D eigenvalue weighted by molar-refractivity contribution is 0.0726. The van der Waals surface area contributed by atoms with E-state index < -0.39 is 0 Å². The molecule has 2 aromatic rings. The molecule has 0 bridgehead atoms. The van der Waals surface area contributed by atoms with Gasteiger partial charge >= 0.3 is 0 Å². The maximum absolute atomic E-state index is 13.1. The fourth-order valence-electron chi connectivity index (χ4n) is 3.80. The summed E-state index contributed by atoms with van der Waals surface area (Å²) in [5, 5.41) is 8.91. The van der Waals surface area contributed by atoms with Crippen LogP contribution in [0.15, 0.2) is 24.5 Å². The van der Waals surface area contributed by atoms with Gasteiger partial charge in [0.25, 0.3) is 5.91 Å². The summed E-state index contributed by atoms with van der Waals surface area (Å²) in [5.41, 5.74) is 0.574. The number of likely N-dealkylation sites (tertiary alicyclic amines) is 1. The lowest BCUT2D eigenvalue weighted by atomic mass is 10.1. The van der Waals surface area contributed by atoms with Crippen molar-refractivity contribution in [1.29, 1.82) is 0 Å². The lowest BCUT2D eigenvalue weighted by Gasteiger charge is -2.25. The van der Waals surface area contributed by atoms with Gasteiger partial charge in [-0.15, -0.1) is 10.2 Å². The van der Waals surface area contributed by atoms with Crippen LogP contribution in [-0.2, 0) is 6.42 Å². The Kier molecular flexibility index (Phi) is 4.85. The molecular weight excluding hydrogens is 352 g/mol. The SMILES string of the molecule is COc1cc(Cl)ccc1C(=O)N1CCCC1CCc1nncn1C1CC1. The van der Waals surface area contributed by atoms with Gasteiger partial charge in [-0.25, -0.2) is 0 Å². The third-order valence-electron chi connectivity index (χ3n) is 5.32. The van der Waals surface area contributed by atoms with Crippen molar-refractivity contribution >= 4 is 17.5 Å². The summed E-state index contributed by atoms with van der Waals surface area (Å²) in [6.45, 7) is 0.782. The molecule has 0 N–H and O–H groups in total. The molecule has 1 aliphatic carbocycles. The molecule has 1 saturated carbocycles. The fourth-order valence-corrected chi connectivity index (χ4v) is 3.96. The van der Waals surface area contributed by atoms with Gasteiger partial charge in [0.1, 0.15) is 17.9 Å². The summed E-state index contributed by atoms with van der Waals surface area (Å²) in [7, 11) is 1.56. The number of carbonyl (C=O) groups is 1. The van der Waals surface area contributed by atoms with Gasteiger partial charge in [0.15, 0.2) is 0 Å². The minimum Gasteiger partial charge on any atom is -0.496 e. The van der Waals surface area contributed by atoms with Crippen molar-refractivity contribution < 1.29 is 9.53 Å². The highest BCUT2D eigenvalue weighted by molar-refractivity contribution is 6.30. The van der Waals surface area contributed by atoms with E-state index in [1.807, 2.05) is 11.2 Å². The highest BCUT2D eigenvalue weighted by atomic mass is 35.5. The quantitative estimate of drug-likeness (QED) is 0.776. The van der Waals surface area contributed by atoms with Crippen LogP contribution in [0.4, 0.5) is 0 Å². The Balaban J connectivity index is 1.46. The Bertz CT molecular complexity index is 803. The normalized spacial score (nSPS) is 19.8. The van der Waals surface area contributed by atoms with Gasteiger partial charge in [-0.1, -0.05) is 11.6 Å². The molecule has 0 spiro atoms. The first-order valence-electron chi connectivity index (χ1n) is 9.20. The number of ether oxygens (including phenoxy) is 1. The van der Waals surface area contributed by atoms with Gasteiger partial charge in [-0.2, -0.15) is 0 Å². The summed E-state index contributed by atoms with van der Waals surface area (Å²) in [4.78, 5) is 15.0. The first kappa shape index (κ1) is 17.3. The molecule has 1 unspecified atom stereocenters. The van der Waals surface area contributed by atoms with E-state index in [9.17, 15) is 4.79 Å². The van der Waals surface area contributed by atoms with E-state index >= 15 is 0 Å². The summed E-state index contributed by atoms with van der Waals surface area (Å²) >= 11 is 6.02. The molecule has 138 valence electrons. The van der Waals surface area contributed by atoms with Crippen LogP contribution < -0.4 is 4.74 Å². The van der Waals surface area contributed by atoms with Crippen molar-refractivity contribution in [1.82, 2.24) is 19.7 Å². The average molecular weight is 375 g/mol. The van der Waals surface area contributed by atoms with Crippen LogP contribution in [0.3, 0.4) is 0 Å². The molecule has 1 amide bonds. The summed E-state index contributed by atoms with van der Waals surface area (Å²) < 4.78 is 7.55. The van der Waals surface area contributed by atoms with Crippen LogP contribution in [0.2, 0.25) is 5.02 Å². The second-order valence-electron chi connectivity index (χ2n) is 7.06. The number of methoxy groups -OCH3 is 1. The van der Waals surface area contributed by atoms with Crippen molar-refractivity contribution in [3.05, 3.63) is 40.9 Å². The van der Waals surface area contributed by atoms with Crippen LogP contribution in [0.1, 0.15) is 54.3 Å². The van der Waals surface area contributed by atoms with Gasteiger partial charge in [0.2, 0.25) is 0 Å². The van der Waals surface area contributed by atoms with Gasteiger partial charge in [-0.3, -0.25) is 4.79 Å². The zero-order valence-electron chi connectivity index (χ0n) is 14.9. The van der Waals surface area contributed by atoms with Crippen LogP contribution in [-0.4, -0.2) is 45.3 Å². The predicted molar refractivity (Wildman–Crippen MR) is 98.7 cm³/mol. The predicted octanol–water partition coefficient (Wildman–Crippen LogP) is 3.51. The number of aromatic nitrogens is 3. The second-order valence-corrected chi connectivity index (χ2v) is 7.50. The monoisotopic (exact) mass is 374 g/mol. The number of amides is 1. The Labute approximate surface area is 158 Å². The third kappa shape index (κ3) is 3.43. The van der Waals surface area contributed by atoms with Crippen LogP contribution in [0, 0.1) is 0 Å². The van der Waals surface area contributed by atoms with Crippen molar-refractivity contribution in [3.8, 4) is 5.75 Å². The van der Waals surface area contributed by atoms with Gasteiger partial charge in [0.05, 0.1) is 12.7 Å². The van der Waals surface area contributed by atoms with Gasteiger partial charge in [0, 0.05) is 30.1 Å². The molecule has 1 aromatic carbocycles. The fraction of sp³-hybridized carbons (Fsp3) is 0.526. The second kappa shape index (κ2) is 7.27. The molecule has 0 radical (unpaired) electrons. The molecule has 4 rings (SSSR count). The molecule has 1 aromatic heterocycles. The number of hydrogen-bond acceptors (Lipinski definition) is 4. The largest absolute Gasteiger partial charge is 0.496 e. The summed E-state index contributed by atoms with van der Waals surface area (Å²) in [6, 6.07) is 5.99. The Morgan fingerprint density at radius 2 is 2.19 bits per heavy atom. The molecule has 2 heterocycles. The maximum Gasteiger partial charge on any atom is 0.257 e. The Morgan fingerprint density at radius 3 is 2.96 bits per heavy atom. The third-order valence-corrected chi connectivity index (χ3v) is 5.56. The Hall–Kier alpha value is -2.08. The van der Waals surface area contributed by atoms with E-state index in [2.05, 4.69) is 14.8 Å². The lowest BCUT2D eigenvalue weighted by Crippen LogP contribution is -2.36. The Morgan fingerprint density at radius 1 is 1.35 bits per heavy atom. The molecule has 1 atom stereocenters. The molecule has 2 fully saturated rings. The van der Waals surface area contributed by atoms with Crippen LogP contribution in [0.25, 0.3) is 0 Å². The summed E-state index contributed by atoms with van der Waals surface area (Å²) in [6.07, 6.45) is 8.09. The maximum atomic E-state index is 13.1. The summed E-state index contributed by atoms with van der Waals surface area (Å²) in [5.74, 6) is 1.59. The van der Waals surface area contributed by atoms with Crippen LogP contribution in [0.5, 0.6) is 5.75 Å². The van der Waals surface area contributed by atoms with Gasteiger partial charge < -0.3 is 14.2 Å². The molecule has 6 nitrogen and oxygen atoms in total. The molecule has 2 aliphatic rings. The van der Waals surface area contributed by atoms with Crippen molar-refractivity contribution in [2.75, 3.05) is 13.7 Å². The number of hydrogen-bond donors (Lipinski definition) is 0. The molecular formula is C19H23ClN4O2. The topological polar surface area (TPSA) is 60.2 Å². The number of halogens is 1. The van der Waals surface area contributed by atoms with Crippen molar-refractivity contribution in [2.24, 2.45) is 0 Å². The first-order chi connectivity index (χ1) is 12.7. The molecule has 26 heavy (non-hydrogen) atoms. The van der Waals surface area contributed by atoms with E-state index in [4.69, 9.17) is 16.3 Å². The number of nitrogens with zero attached hydrogens (tertiary/aromatic N) is 4. The number of rotatable bonds is 6. The van der Waals surface area contributed by atoms with E-state index in [0.717, 1.165) is 38.1 Å². The standard InChI is InChI=1S/C19H23ClN4O2/c1-26-17-11-13(20)4-8-16(17)19(25)23-10-2-3-14(23)7-9-18-22-21-12-24(18)15-5-6-15/h4,8,11-12,14-15H,2-3,5-7,9-10H2,1H3. The van der Waals surface area contributed by atoms with Crippen molar-refractivity contribution in [2.45, 2.75) is 50.6 Å².